The molecule has 2 aromatic rings. The van der Waals surface area contributed by atoms with Crippen LogP contribution in [0.15, 0.2) is 18.3 Å². The standard InChI is InChI=1S/C12H14N4O2/c1-4-18-12(17)10-14-11(16(3)15-10)9-5-6-13-8(2)7-9/h5-7H,4H2,1-3H3. The molecule has 0 amide bonds. The van der Waals surface area contributed by atoms with E-state index in [1.165, 1.54) is 0 Å². The summed E-state index contributed by atoms with van der Waals surface area (Å²) in [6, 6.07) is 3.71. The number of nitrogens with zero attached hydrogens (tertiary/aromatic N) is 4. The van der Waals surface area contributed by atoms with Gasteiger partial charge in [0.15, 0.2) is 5.82 Å². The zero-order valence-electron chi connectivity index (χ0n) is 10.5. The minimum absolute atomic E-state index is 0.0730. The first kappa shape index (κ1) is 12.2. The van der Waals surface area contributed by atoms with Crippen LogP contribution >= 0.6 is 0 Å². The number of ether oxygens (including phenoxy) is 1. The number of pyridine rings is 1. The topological polar surface area (TPSA) is 69.9 Å². The van der Waals surface area contributed by atoms with Gasteiger partial charge in [0.2, 0.25) is 0 Å². The maximum Gasteiger partial charge on any atom is 0.378 e. The van der Waals surface area contributed by atoms with Crippen molar-refractivity contribution in [2.45, 2.75) is 13.8 Å². The second-order valence-electron chi connectivity index (χ2n) is 3.79. The Kier molecular flexibility index (Phi) is 3.36. The quantitative estimate of drug-likeness (QED) is 0.765. The van der Waals surface area contributed by atoms with E-state index in [9.17, 15) is 4.79 Å². The van der Waals surface area contributed by atoms with Gasteiger partial charge in [-0.25, -0.2) is 14.5 Å². The summed E-state index contributed by atoms with van der Waals surface area (Å²) in [7, 11) is 1.74. The third-order valence-electron chi connectivity index (χ3n) is 2.38. The molecule has 0 unspecified atom stereocenters. The molecule has 0 N–H and O–H groups in total. The van der Waals surface area contributed by atoms with Crippen LogP contribution in [0.5, 0.6) is 0 Å². The highest BCUT2D eigenvalue weighted by molar-refractivity contribution is 5.85. The van der Waals surface area contributed by atoms with Crippen LogP contribution in [0.1, 0.15) is 23.2 Å². The molecule has 2 heterocycles. The lowest BCUT2D eigenvalue weighted by Crippen LogP contribution is -2.07. The van der Waals surface area contributed by atoms with Gasteiger partial charge in [-0.05, 0) is 26.0 Å². The molecule has 0 aliphatic carbocycles. The highest BCUT2D eigenvalue weighted by Crippen LogP contribution is 2.16. The Morgan fingerprint density at radius 3 is 2.94 bits per heavy atom. The van der Waals surface area contributed by atoms with Gasteiger partial charge in [0.25, 0.3) is 5.82 Å². The fourth-order valence-corrected chi connectivity index (χ4v) is 1.60. The summed E-state index contributed by atoms with van der Waals surface area (Å²) in [5, 5.41) is 4.05. The molecule has 2 aromatic heterocycles. The maximum atomic E-state index is 11.5. The molecule has 0 aliphatic rings. The van der Waals surface area contributed by atoms with Crippen LogP contribution in [0, 0.1) is 6.92 Å². The van der Waals surface area contributed by atoms with Gasteiger partial charge in [-0.15, -0.1) is 5.10 Å². The molecule has 0 spiro atoms. The predicted octanol–water partition coefficient (Wildman–Crippen LogP) is 1.36. The summed E-state index contributed by atoms with van der Waals surface area (Å²) in [5.41, 5.74) is 1.75. The number of carbonyl (C=O) groups is 1. The molecule has 6 heteroatoms. The highest BCUT2D eigenvalue weighted by atomic mass is 16.5. The fraction of sp³-hybridized carbons (Fsp3) is 0.333. The molecule has 18 heavy (non-hydrogen) atoms. The molecular formula is C12H14N4O2. The van der Waals surface area contributed by atoms with Crippen molar-refractivity contribution in [1.82, 2.24) is 19.7 Å². The van der Waals surface area contributed by atoms with Gasteiger partial charge < -0.3 is 4.74 Å². The Hall–Kier alpha value is -2.24. The summed E-state index contributed by atoms with van der Waals surface area (Å²) >= 11 is 0. The first-order valence-electron chi connectivity index (χ1n) is 5.63. The largest absolute Gasteiger partial charge is 0.460 e. The number of hydrogen-bond donors (Lipinski definition) is 0. The predicted molar refractivity (Wildman–Crippen MR) is 64.9 cm³/mol. The summed E-state index contributed by atoms with van der Waals surface area (Å²) in [6.45, 7) is 3.95. The maximum absolute atomic E-state index is 11.5. The minimum atomic E-state index is -0.509. The van der Waals surface area contributed by atoms with Crippen molar-refractivity contribution in [1.29, 1.82) is 0 Å². The lowest BCUT2D eigenvalue weighted by atomic mass is 10.2. The second kappa shape index (κ2) is 4.95. The molecule has 0 aromatic carbocycles. The van der Waals surface area contributed by atoms with Crippen LogP contribution in [0.4, 0.5) is 0 Å². The third-order valence-corrected chi connectivity index (χ3v) is 2.38. The van der Waals surface area contributed by atoms with Gasteiger partial charge in [-0.1, -0.05) is 0 Å². The highest BCUT2D eigenvalue weighted by Gasteiger charge is 2.16. The first-order chi connectivity index (χ1) is 8.61. The molecule has 0 atom stereocenters. The molecule has 94 valence electrons. The number of rotatable bonds is 3. The summed E-state index contributed by atoms with van der Waals surface area (Å²) < 4.78 is 6.42. The molecule has 0 fully saturated rings. The van der Waals surface area contributed by atoms with Crippen molar-refractivity contribution in [3.63, 3.8) is 0 Å². The van der Waals surface area contributed by atoms with E-state index in [-0.39, 0.29) is 5.82 Å². The molecule has 2 rings (SSSR count). The van der Waals surface area contributed by atoms with Crippen LogP contribution in [-0.2, 0) is 11.8 Å². The second-order valence-corrected chi connectivity index (χ2v) is 3.79. The molecule has 0 bridgehead atoms. The third kappa shape index (κ3) is 2.37. The molecule has 0 saturated heterocycles. The van der Waals surface area contributed by atoms with Crippen LogP contribution in [0.2, 0.25) is 0 Å². The number of esters is 1. The van der Waals surface area contributed by atoms with Crippen molar-refractivity contribution in [3.8, 4) is 11.4 Å². The Balaban J connectivity index is 2.38. The van der Waals surface area contributed by atoms with Gasteiger partial charge in [0, 0.05) is 24.5 Å². The van der Waals surface area contributed by atoms with Crippen molar-refractivity contribution in [2.24, 2.45) is 7.05 Å². The average molecular weight is 246 g/mol. The van der Waals surface area contributed by atoms with E-state index in [0.29, 0.717) is 12.4 Å². The Morgan fingerprint density at radius 1 is 1.50 bits per heavy atom. The van der Waals surface area contributed by atoms with Crippen molar-refractivity contribution < 1.29 is 9.53 Å². The average Bonchev–Trinajstić information content (AvgIpc) is 2.72. The van der Waals surface area contributed by atoms with Crippen LogP contribution < -0.4 is 0 Å². The van der Waals surface area contributed by atoms with Gasteiger partial charge in [0.1, 0.15) is 0 Å². The van der Waals surface area contributed by atoms with Crippen molar-refractivity contribution in [2.75, 3.05) is 6.61 Å². The monoisotopic (exact) mass is 246 g/mol. The molecular weight excluding hydrogens is 232 g/mol. The normalized spacial score (nSPS) is 10.4. The van der Waals surface area contributed by atoms with E-state index in [4.69, 9.17) is 4.74 Å². The zero-order chi connectivity index (χ0) is 13.1. The van der Waals surface area contributed by atoms with E-state index in [0.717, 1.165) is 11.3 Å². The fourth-order valence-electron chi connectivity index (χ4n) is 1.60. The number of carbonyl (C=O) groups excluding carboxylic acids is 1. The molecule has 0 radical (unpaired) electrons. The Labute approximate surface area is 105 Å². The summed E-state index contributed by atoms with van der Waals surface area (Å²) in [5.74, 6) is 0.178. The Bertz CT molecular complexity index is 577. The van der Waals surface area contributed by atoms with E-state index in [1.54, 1.807) is 24.9 Å². The smallest absolute Gasteiger partial charge is 0.378 e. The first-order valence-corrected chi connectivity index (χ1v) is 5.63. The molecule has 6 nitrogen and oxygen atoms in total. The SMILES string of the molecule is CCOC(=O)c1nc(-c2ccnc(C)c2)n(C)n1. The summed E-state index contributed by atoms with van der Waals surface area (Å²) in [6.07, 6.45) is 1.70. The summed E-state index contributed by atoms with van der Waals surface area (Å²) in [4.78, 5) is 19.8. The lowest BCUT2D eigenvalue weighted by molar-refractivity contribution is 0.0512. The van der Waals surface area contributed by atoms with Crippen LogP contribution in [0.25, 0.3) is 11.4 Å². The van der Waals surface area contributed by atoms with Crippen molar-refractivity contribution in [3.05, 3.63) is 29.8 Å². The molecule has 0 aliphatic heterocycles. The van der Waals surface area contributed by atoms with Gasteiger partial charge >= 0.3 is 5.97 Å². The molecule has 0 saturated carbocycles. The zero-order valence-corrected chi connectivity index (χ0v) is 10.5. The lowest BCUT2D eigenvalue weighted by Gasteiger charge is -1.99. The number of aromatic nitrogens is 4. The van der Waals surface area contributed by atoms with E-state index >= 15 is 0 Å². The number of hydrogen-bond acceptors (Lipinski definition) is 5. The van der Waals surface area contributed by atoms with Gasteiger partial charge in [-0.3, -0.25) is 4.98 Å². The van der Waals surface area contributed by atoms with Crippen LogP contribution in [-0.4, -0.2) is 32.3 Å². The van der Waals surface area contributed by atoms with Gasteiger partial charge in [-0.2, -0.15) is 0 Å². The van der Waals surface area contributed by atoms with E-state index in [2.05, 4.69) is 15.1 Å². The van der Waals surface area contributed by atoms with Crippen molar-refractivity contribution >= 4 is 5.97 Å². The van der Waals surface area contributed by atoms with E-state index < -0.39 is 5.97 Å². The minimum Gasteiger partial charge on any atom is -0.460 e. The Morgan fingerprint density at radius 2 is 2.28 bits per heavy atom. The van der Waals surface area contributed by atoms with Gasteiger partial charge in [0.05, 0.1) is 6.61 Å². The van der Waals surface area contributed by atoms with Crippen LogP contribution in [0.3, 0.4) is 0 Å². The number of aryl methyl sites for hydroxylation is 2. The van der Waals surface area contributed by atoms with E-state index in [1.807, 2.05) is 19.1 Å².